The third kappa shape index (κ3) is 2.41. The summed E-state index contributed by atoms with van der Waals surface area (Å²) in [7, 11) is 0. The van der Waals surface area contributed by atoms with Crippen LogP contribution in [0.4, 0.5) is 16.3 Å². The van der Waals surface area contributed by atoms with Crippen LogP contribution in [0.1, 0.15) is 0 Å². The minimum absolute atomic E-state index is 0.417. The first-order valence-corrected chi connectivity index (χ1v) is 6.22. The SMILES string of the molecule is O=C(Nc1ccccc1Cl)Nc1nccc2[nH]ncc12. The summed E-state index contributed by atoms with van der Waals surface area (Å²) >= 11 is 5.98. The highest BCUT2D eigenvalue weighted by Crippen LogP contribution is 2.22. The van der Waals surface area contributed by atoms with Gasteiger partial charge in [-0.3, -0.25) is 10.4 Å². The normalized spacial score (nSPS) is 10.4. The number of urea groups is 1. The van der Waals surface area contributed by atoms with E-state index < -0.39 is 6.03 Å². The maximum Gasteiger partial charge on any atom is 0.324 e. The number of pyridine rings is 1. The van der Waals surface area contributed by atoms with Gasteiger partial charge >= 0.3 is 6.03 Å². The number of hydrogen-bond donors (Lipinski definition) is 3. The number of nitrogens with one attached hydrogen (secondary N) is 3. The molecule has 20 heavy (non-hydrogen) atoms. The number of nitrogens with zero attached hydrogens (tertiary/aromatic N) is 2. The zero-order valence-corrected chi connectivity index (χ0v) is 11.0. The van der Waals surface area contributed by atoms with Crippen LogP contribution < -0.4 is 10.6 Å². The van der Waals surface area contributed by atoms with Crippen LogP contribution in [0.25, 0.3) is 10.9 Å². The van der Waals surface area contributed by atoms with Gasteiger partial charge in [0.25, 0.3) is 0 Å². The van der Waals surface area contributed by atoms with E-state index in [1.165, 1.54) is 0 Å². The van der Waals surface area contributed by atoms with Gasteiger partial charge < -0.3 is 5.32 Å². The van der Waals surface area contributed by atoms with Crippen LogP contribution in [0, 0.1) is 0 Å². The molecule has 0 aliphatic heterocycles. The Kier molecular flexibility index (Phi) is 3.22. The van der Waals surface area contributed by atoms with E-state index in [1.54, 1.807) is 42.7 Å². The molecule has 1 aromatic carbocycles. The summed E-state index contributed by atoms with van der Waals surface area (Å²) in [6.45, 7) is 0. The Balaban J connectivity index is 1.80. The number of hydrogen-bond acceptors (Lipinski definition) is 3. The topological polar surface area (TPSA) is 82.7 Å². The minimum Gasteiger partial charge on any atom is -0.306 e. The number of H-pyrrole nitrogens is 1. The predicted molar refractivity (Wildman–Crippen MR) is 78.0 cm³/mol. The molecule has 0 spiro atoms. The Morgan fingerprint density at radius 2 is 2.05 bits per heavy atom. The summed E-state index contributed by atoms with van der Waals surface area (Å²) in [4.78, 5) is 16.1. The summed E-state index contributed by atoms with van der Waals surface area (Å²) in [6.07, 6.45) is 3.19. The van der Waals surface area contributed by atoms with Crippen molar-refractivity contribution in [3.8, 4) is 0 Å². The standard InChI is InChI=1S/C13H10ClN5O/c14-9-3-1-2-4-11(9)17-13(20)18-12-8-7-16-19-10(8)5-6-15-12/h1-7H,(H,16,19)(H2,15,17,18,20). The molecule has 100 valence electrons. The lowest BCUT2D eigenvalue weighted by Crippen LogP contribution is -2.20. The Bertz CT molecular complexity index is 770. The van der Waals surface area contributed by atoms with Crippen LogP contribution in [-0.4, -0.2) is 21.2 Å². The van der Waals surface area contributed by atoms with Gasteiger partial charge in [-0.05, 0) is 18.2 Å². The van der Waals surface area contributed by atoms with E-state index in [0.29, 0.717) is 16.5 Å². The maximum absolute atomic E-state index is 11.9. The summed E-state index contributed by atoms with van der Waals surface area (Å²) in [5.41, 5.74) is 1.33. The number of aromatic nitrogens is 3. The first kappa shape index (κ1) is 12.4. The zero-order valence-electron chi connectivity index (χ0n) is 10.2. The van der Waals surface area contributed by atoms with E-state index in [9.17, 15) is 4.79 Å². The van der Waals surface area contributed by atoms with Crippen LogP contribution in [0.5, 0.6) is 0 Å². The monoisotopic (exact) mass is 287 g/mol. The Morgan fingerprint density at radius 1 is 1.20 bits per heavy atom. The second-order valence-electron chi connectivity index (χ2n) is 4.05. The molecular weight excluding hydrogens is 278 g/mol. The van der Waals surface area contributed by atoms with Crippen LogP contribution in [-0.2, 0) is 0 Å². The Labute approximate surface area is 119 Å². The Hall–Kier alpha value is -2.60. The molecule has 3 N–H and O–H groups in total. The van der Waals surface area contributed by atoms with E-state index >= 15 is 0 Å². The van der Waals surface area contributed by atoms with Gasteiger partial charge in [0.15, 0.2) is 0 Å². The Morgan fingerprint density at radius 3 is 2.90 bits per heavy atom. The number of halogens is 1. The molecular formula is C13H10ClN5O. The summed E-state index contributed by atoms with van der Waals surface area (Å²) in [5.74, 6) is 0.431. The molecule has 0 aliphatic carbocycles. The number of carbonyl (C=O) groups is 1. The summed E-state index contributed by atoms with van der Waals surface area (Å²) < 4.78 is 0. The molecule has 0 bridgehead atoms. The first-order chi connectivity index (χ1) is 9.74. The van der Waals surface area contributed by atoms with Crippen molar-refractivity contribution in [1.82, 2.24) is 15.2 Å². The zero-order chi connectivity index (χ0) is 13.9. The molecule has 3 rings (SSSR count). The van der Waals surface area contributed by atoms with E-state index in [0.717, 1.165) is 10.9 Å². The average molecular weight is 288 g/mol. The van der Waals surface area contributed by atoms with Gasteiger partial charge in [0.2, 0.25) is 0 Å². The molecule has 0 unspecified atom stereocenters. The van der Waals surface area contributed by atoms with E-state index in [2.05, 4.69) is 25.8 Å². The fourth-order valence-electron chi connectivity index (χ4n) is 1.79. The first-order valence-electron chi connectivity index (χ1n) is 5.84. The lowest BCUT2D eigenvalue weighted by Gasteiger charge is -2.08. The van der Waals surface area contributed by atoms with Gasteiger partial charge in [0, 0.05) is 6.20 Å². The lowest BCUT2D eigenvalue weighted by atomic mass is 10.3. The fourth-order valence-corrected chi connectivity index (χ4v) is 1.97. The number of benzene rings is 1. The number of para-hydroxylation sites is 1. The van der Waals surface area contributed by atoms with Gasteiger partial charge in [-0.2, -0.15) is 5.10 Å². The second kappa shape index (κ2) is 5.18. The third-order valence-corrected chi connectivity index (χ3v) is 3.05. The molecule has 0 atom stereocenters. The number of carbonyl (C=O) groups excluding carboxylic acids is 1. The molecule has 0 saturated carbocycles. The third-order valence-electron chi connectivity index (χ3n) is 2.72. The van der Waals surface area contributed by atoms with Gasteiger partial charge in [-0.25, -0.2) is 9.78 Å². The molecule has 2 amide bonds. The molecule has 0 fully saturated rings. The molecule has 2 heterocycles. The van der Waals surface area contributed by atoms with Crippen molar-refractivity contribution < 1.29 is 4.79 Å². The quantitative estimate of drug-likeness (QED) is 0.676. The number of anilines is 2. The highest BCUT2D eigenvalue weighted by molar-refractivity contribution is 6.33. The van der Waals surface area contributed by atoms with E-state index in [4.69, 9.17) is 11.6 Å². The number of aromatic amines is 1. The fraction of sp³-hybridized carbons (Fsp3) is 0. The highest BCUT2D eigenvalue weighted by atomic mass is 35.5. The van der Waals surface area contributed by atoms with Gasteiger partial charge in [0.1, 0.15) is 5.82 Å². The summed E-state index contributed by atoms with van der Waals surface area (Å²) in [6, 6.07) is 8.36. The highest BCUT2D eigenvalue weighted by Gasteiger charge is 2.09. The number of rotatable bonds is 2. The lowest BCUT2D eigenvalue weighted by molar-refractivity contribution is 0.262. The van der Waals surface area contributed by atoms with E-state index in [1.807, 2.05) is 0 Å². The summed E-state index contributed by atoms with van der Waals surface area (Å²) in [5, 5.41) is 13.3. The molecule has 0 radical (unpaired) electrons. The van der Waals surface area contributed by atoms with Crippen LogP contribution >= 0.6 is 11.6 Å². The predicted octanol–water partition coefficient (Wildman–Crippen LogP) is 3.26. The van der Waals surface area contributed by atoms with Crippen molar-refractivity contribution in [2.24, 2.45) is 0 Å². The van der Waals surface area contributed by atoms with Crippen LogP contribution in [0.2, 0.25) is 5.02 Å². The van der Waals surface area contributed by atoms with Crippen molar-refractivity contribution in [3.63, 3.8) is 0 Å². The molecule has 0 saturated heterocycles. The molecule has 3 aromatic rings. The second-order valence-corrected chi connectivity index (χ2v) is 4.46. The number of amides is 2. The van der Waals surface area contributed by atoms with Crippen molar-refractivity contribution in [2.75, 3.05) is 10.6 Å². The van der Waals surface area contributed by atoms with Crippen molar-refractivity contribution in [2.45, 2.75) is 0 Å². The van der Waals surface area contributed by atoms with Crippen molar-refractivity contribution in [1.29, 1.82) is 0 Å². The van der Waals surface area contributed by atoms with Crippen molar-refractivity contribution >= 4 is 40.0 Å². The van der Waals surface area contributed by atoms with E-state index in [-0.39, 0.29) is 0 Å². The maximum atomic E-state index is 11.9. The van der Waals surface area contributed by atoms with Gasteiger partial charge in [0.05, 0.1) is 27.8 Å². The molecule has 2 aromatic heterocycles. The smallest absolute Gasteiger partial charge is 0.306 e. The average Bonchev–Trinajstić information content (AvgIpc) is 2.91. The molecule has 0 aliphatic rings. The van der Waals surface area contributed by atoms with Gasteiger partial charge in [-0.1, -0.05) is 23.7 Å². The number of fused-ring (bicyclic) bond motifs is 1. The van der Waals surface area contributed by atoms with Gasteiger partial charge in [-0.15, -0.1) is 0 Å². The van der Waals surface area contributed by atoms with Crippen molar-refractivity contribution in [3.05, 3.63) is 47.7 Å². The van der Waals surface area contributed by atoms with Crippen LogP contribution in [0.3, 0.4) is 0 Å². The van der Waals surface area contributed by atoms with Crippen LogP contribution in [0.15, 0.2) is 42.7 Å². The largest absolute Gasteiger partial charge is 0.324 e. The molecule has 7 heteroatoms. The minimum atomic E-state index is -0.417. The molecule has 6 nitrogen and oxygen atoms in total.